The van der Waals surface area contributed by atoms with E-state index in [-0.39, 0.29) is 18.0 Å². The molecule has 1 saturated heterocycles. The molecule has 132 valence electrons. The molecule has 1 aromatic carbocycles. The smallest absolute Gasteiger partial charge is 0.242 e. The molecular weight excluding hydrogens is 396 g/mol. The van der Waals surface area contributed by atoms with E-state index in [0.717, 1.165) is 15.9 Å². The first-order chi connectivity index (χ1) is 12.7. The maximum absolute atomic E-state index is 12.5. The van der Waals surface area contributed by atoms with E-state index in [9.17, 15) is 4.79 Å². The van der Waals surface area contributed by atoms with Crippen LogP contribution in [0.2, 0.25) is 0 Å². The quantitative estimate of drug-likeness (QED) is 0.613. The number of hydrazine groups is 1. The molecule has 7 nitrogen and oxygen atoms in total. The highest BCUT2D eigenvalue weighted by Gasteiger charge is 2.30. The van der Waals surface area contributed by atoms with E-state index in [1.54, 1.807) is 23.3 Å². The molecule has 0 radical (unpaired) electrons. The van der Waals surface area contributed by atoms with Gasteiger partial charge in [-0.15, -0.1) is 0 Å². The lowest BCUT2D eigenvalue weighted by atomic mass is 10.0. The average Bonchev–Trinajstić information content (AvgIpc) is 3.35. The van der Waals surface area contributed by atoms with E-state index in [2.05, 4.69) is 42.1 Å². The van der Waals surface area contributed by atoms with Crippen LogP contribution in [0.5, 0.6) is 0 Å². The fourth-order valence-electron chi connectivity index (χ4n) is 2.88. The van der Waals surface area contributed by atoms with Crippen LogP contribution in [0.1, 0.15) is 18.0 Å². The van der Waals surface area contributed by atoms with E-state index in [1.807, 2.05) is 42.6 Å². The van der Waals surface area contributed by atoms with Gasteiger partial charge in [0.25, 0.3) is 0 Å². The Hall–Kier alpha value is -2.55. The van der Waals surface area contributed by atoms with Gasteiger partial charge < -0.3 is 5.32 Å². The molecule has 0 spiro atoms. The molecule has 2 aromatic heterocycles. The highest BCUT2D eigenvalue weighted by atomic mass is 79.9. The average molecular weight is 413 g/mol. The van der Waals surface area contributed by atoms with Crippen molar-refractivity contribution in [3.05, 3.63) is 71.4 Å². The van der Waals surface area contributed by atoms with E-state index in [4.69, 9.17) is 0 Å². The van der Waals surface area contributed by atoms with Gasteiger partial charge in [0.2, 0.25) is 5.91 Å². The van der Waals surface area contributed by atoms with Gasteiger partial charge in [-0.25, -0.2) is 20.8 Å². The summed E-state index contributed by atoms with van der Waals surface area (Å²) in [5.74, 6) is 0.658. The number of halogens is 1. The summed E-state index contributed by atoms with van der Waals surface area (Å²) in [7, 11) is 0. The topological polar surface area (TPSA) is 83.9 Å². The van der Waals surface area contributed by atoms with Crippen molar-refractivity contribution in [3.8, 4) is 5.82 Å². The summed E-state index contributed by atoms with van der Waals surface area (Å²) < 4.78 is 2.84. The molecule has 2 atom stereocenters. The number of nitrogens with one attached hydrogen (secondary N) is 3. The zero-order valence-electron chi connectivity index (χ0n) is 13.8. The SMILES string of the molecule is O=C(Nc1ccc(-n2ccnc2)nc1)C1CC(c2ccc(Br)cc2)NN1. The van der Waals surface area contributed by atoms with Crippen LogP contribution in [0.3, 0.4) is 0 Å². The van der Waals surface area contributed by atoms with Gasteiger partial charge in [0, 0.05) is 22.9 Å². The molecule has 0 saturated carbocycles. The number of carbonyl (C=O) groups is 1. The third kappa shape index (κ3) is 3.67. The Morgan fingerprint density at radius 1 is 1.19 bits per heavy atom. The standard InChI is InChI=1S/C18H17BrN6O/c19-13-3-1-12(2-4-13)15-9-16(24-23-15)18(26)22-14-5-6-17(21-10-14)25-8-7-20-11-25/h1-8,10-11,15-16,23-24H,9H2,(H,22,26). The van der Waals surface area contributed by atoms with Gasteiger partial charge >= 0.3 is 0 Å². The van der Waals surface area contributed by atoms with Crippen molar-refractivity contribution in [2.75, 3.05) is 5.32 Å². The maximum Gasteiger partial charge on any atom is 0.242 e. The summed E-state index contributed by atoms with van der Waals surface area (Å²) in [5, 5.41) is 2.90. The highest BCUT2D eigenvalue weighted by Crippen LogP contribution is 2.24. The lowest BCUT2D eigenvalue weighted by molar-refractivity contribution is -0.117. The Labute approximate surface area is 159 Å². The molecule has 26 heavy (non-hydrogen) atoms. The van der Waals surface area contributed by atoms with Crippen LogP contribution < -0.4 is 16.2 Å². The minimum atomic E-state index is -0.308. The van der Waals surface area contributed by atoms with Crippen LogP contribution in [-0.2, 0) is 4.79 Å². The van der Waals surface area contributed by atoms with Crippen molar-refractivity contribution >= 4 is 27.5 Å². The molecule has 2 unspecified atom stereocenters. The number of rotatable bonds is 4. The molecule has 8 heteroatoms. The number of hydrogen-bond donors (Lipinski definition) is 3. The van der Waals surface area contributed by atoms with Crippen molar-refractivity contribution in [3.63, 3.8) is 0 Å². The van der Waals surface area contributed by atoms with E-state index < -0.39 is 0 Å². The third-order valence-electron chi connectivity index (χ3n) is 4.28. The summed E-state index contributed by atoms with van der Waals surface area (Å²) in [6.07, 6.45) is 7.50. The zero-order chi connectivity index (χ0) is 17.9. The number of pyridine rings is 1. The van der Waals surface area contributed by atoms with E-state index in [1.165, 1.54) is 0 Å². The lowest BCUT2D eigenvalue weighted by Crippen LogP contribution is -2.39. The molecule has 0 bridgehead atoms. The van der Waals surface area contributed by atoms with E-state index >= 15 is 0 Å². The summed E-state index contributed by atoms with van der Waals surface area (Å²) in [6, 6.07) is 11.5. The number of imidazole rings is 1. The number of benzene rings is 1. The third-order valence-corrected chi connectivity index (χ3v) is 4.81. The molecule has 4 rings (SSSR count). The second-order valence-electron chi connectivity index (χ2n) is 6.05. The molecule has 3 N–H and O–H groups in total. The molecule has 3 aromatic rings. The summed E-state index contributed by atoms with van der Waals surface area (Å²) in [6.45, 7) is 0. The van der Waals surface area contributed by atoms with E-state index in [0.29, 0.717) is 12.1 Å². The number of carbonyl (C=O) groups excluding carboxylic acids is 1. The summed E-state index contributed by atoms with van der Waals surface area (Å²) in [5.41, 5.74) is 8.05. The molecule has 0 aliphatic carbocycles. The van der Waals surface area contributed by atoms with Gasteiger partial charge in [0.15, 0.2) is 0 Å². The predicted molar refractivity (Wildman–Crippen MR) is 102 cm³/mol. The first kappa shape index (κ1) is 16.9. The number of anilines is 1. The molecule has 1 amide bonds. The van der Waals surface area contributed by atoms with Gasteiger partial charge in [0.1, 0.15) is 18.2 Å². The predicted octanol–water partition coefficient (Wildman–Crippen LogP) is 2.58. The lowest BCUT2D eigenvalue weighted by Gasteiger charge is -2.11. The van der Waals surface area contributed by atoms with Crippen LogP contribution in [0.4, 0.5) is 5.69 Å². The second kappa shape index (κ2) is 7.36. The van der Waals surface area contributed by atoms with Crippen molar-refractivity contribution in [2.24, 2.45) is 0 Å². The van der Waals surface area contributed by atoms with Crippen LogP contribution in [0, 0.1) is 0 Å². The fourth-order valence-corrected chi connectivity index (χ4v) is 3.14. The highest BCUT2D eigenvalue weighted by molar-refractivity contribution is 9.10. The number of aromatic nitrogens is 3. The zero-order valence-corrected chi connectivity index (χ0v) is 15.3. The Kier molecular flexibility index (Phi) is 4.79. The number of amides is 1. The summed E-state index contributed by atoms with van der Waals surface area (Å²) >= 11 is 3.43. The molecule has 3 heterocycles. The normalized spacial score (nSPS) is 19.4. The first-order valence-corrected chi connectivity index (χ1v) is 9.00. The van der Waals surface area contributed by atoms with Crippen LogP contribution in [0.25, 0.3) is 5.82 Å². The van der Waals surface area contributed by atoms with Gasteiger partial charge in [-0.2, -0.15) is 0 Å². The van der Waals surface area contributed by atoms with Gasteiger partial charge in [-0.1, -0.05) is 28.1 Å². The largest absolute Gasteiger partial charge is 0.323 e. The Morgan fingerprint density at radius 2 is 2.04 bits per heavy atom. The van der Waals surface area contributed by atoms with Crippen molar-refractivity contribution in [1.82, 2.24) is 25.4 Å². The van der Waals surface area contributed by atoms with Crippen molar-refractivity contribution < 1.29 is 4.79 Å². The minimum absolute atomic E-state index is 0.0886. The molecular formula is C18H17BrN6O. The molecule has 1 aliphatic heterocycles. The van der Waals surface area contributed by atoms with Crippen LogP contribution in [0.15, 0.2) is 65.8 Å². The number of nitrogens with zero attached hydrogens (tertiary/aromatic N) is 3. The van der Waals surface area contributed by atoms with Crippen molar-refractivity contribution in [2.45, 2.75) is 18.5 Å². The van der Waals surface area contributed by atoms with Crippen LogP contribution >= 0.6 is 15.9 Å². The monoisotopic (exact) mass is 412 g/mol. The molecule has 1 fully saturated rings. The first-order valence-electron chi connectivity index (χ1n) is 8.21. The van der Waals surface area contributed by atoms with Gasteiger partial charge in [0.05, 0.1) is 11.9 Å². The minimum Gasteiger partial charge on any atom is -0.323 e. The summed E-state index contributed by atoms with van der Waals surface area (Å²) in [4.78, 5) is 20.8. The fraction of sp³-hybridized carbons (Fsp3) is 0.167. The van der Waals surface area contributed by atoms with Crippen molar-refractivity contribution in [1.29, 1.82) is 0 Å². The van der Waals surface area contributed by atoms with Gasteiger partial charge in [-0.3, -0.25) is 9.36 Å². The van der Waals surface area contributed by atoms with Crippen LogP contribution in [-0.4, -0.2) is 26.5 Å². The number of hydrogen-bond acceptors (Lipinski definition) is 5. The van der Waals surface area contributed by atoms with Gasteiger partial charge in [-0.05, 0) is 36.2 Å². The second-order valence-corrected chi connectivity index (χ2v) is 6.96. The molecule has 1 aliphatic rings. The maximum atomic E-state index is 12.5. The Bertz CT molecular complexity index is 879. The Balaban J connectivity index is 1.37. The Morgan fingerprint density at radius 3 is 2.73 bits per heavy atom.